The first-order valence-corrected chi connectivity index (χ1v) is 5.78. The van der Waals surface area contributed by atoms with Crippen LogP contribution in [0.1, 0.15) is 26.6 Å². The molecule has 0 fully saturated rings. The van der Waals surface area contributed by atoms with E-state index in [0.717, 1.165) is 25.5 Å². The maximum atomic E-state index is 5.19. The fourth-order valence-electron chi connectivity index (χ4n) is 1.57. The molecule has 0 aliphatic rings. The molecule has 0 saturated heterocycles. The molecule has 1 N–H and O–H groups in total. The molecule has 0 aliphatic carbocycles. The first-order chi connectivity index (χ1) is 7.69. The van der Waals surface area contributed by atoms with Gasteiger partial charge in [0.05, 0.1) is 13.2 Å². The molecule has 0 radical (unpaired) electrons. The molecule has 92 valence electrons. The Balaban J connectivity index is 2.48. The Morgan fingerprint density at radius 3 is 2.81 bits per heavy atom. The van der Waals surface area contributed by atoms with E-state index in [-0.39, 0.29) is 0 Å². The second kappa shape index (κ2) is 6.60. The largest absolute Gasteiger partial charge is 0.383 e. The summed E-state index contributed by atoms with van der Waals surface area (Å²) >= 11 is 0. The van der Waals surface area contributed by atoms with E-state index in [0.29, 0.717) is 12.0 Å². The molecule has 0 amide bonds. The molecule has 5 heteroatoms. The molecule has 1 aromatic heterocycles. The Morgan fingerprint density at radius 2 is 2.25 bits per heavy atom. The van der Waals surface area contributed by atoms with E-state index >= 15 is 0 Å². The normalized spacial score (nSPS) is 13.3. The van der Waals surface area contributed by atoms with Crippen LogP contribution in [0.4, 0.5) is 0 Å². The van der Waals surface area contributed by atoms with Crippen molar-refractivity contribution in [2.45, 2.75) is 39.9 Å². The van der Waals surface area contributed by atoms with Gasteiger partial charge < -0.3 is 14.6 Å². The Labute approximate surface area is 97.2 Å². The first-order valence-electron chi connectivity index (χ1n) is 5.78. The molecule has 0 saturated carbocycles. The van der Waals surface area contributed by atoms with Crippen molar-refractivity contribution in [1.82, 2.24) is 20.1 Å². The number of aromatic nitrogens is 3. The Bertz CT molecular complexity index is 298. The predicted octanol–water partition coefficient (Wildman–Crippen LogP) is 1.06. The highest BCUT2D eigenvalue weighted by Gasteiger charge is 2.13. The van der Waals surface area contributed by atoms with Gasteiger partial charge in [-0.25, -0.2) is 0 Å². The molecule has 1 rings (SSSR count). The van der Waals surface area contributed by atoms with E-state index in [1.54, 1.807) is 13.4 Å². The molecule has 1 heterocycles. The molecule has 0 bridgehead atoms. The van der Waals surface area contributed by atoms with Crippen LogP contribution >= 0.6 is 0 Å². The third-order valence-corrected chi connectivity index (χ3v) is 2.71. The SMILES string of the molecule is CCn1cnnc1CNC(COC)C(C)C. The summed E-state index contributed by atoms with van der Waals surface area (Å²) in [4.78, 5) is 0. The topological polar surface area (TPSA) is 52.0 Å². The van der Waals surface area contributed by atoms with E-state index in [9.17, 15) is 0 Å². The summed E-state index contributed by atoms with van der Waals surface area (Å²) in [5.74, 6) is 1.52. The summed E-state index contributed by atoms with van der Waals surface area (Å²) in [5, 5.41) is 11.4. The molecule has 1 aromatic rings. The molecule has 0 aliphatic heterocycles. The van der Waals surface area contributed by atoms with Gasteiger partial charge in [-0.1, -0.05) is 13.8 Å². The molecule has 0 aromatic carbocycles. The summed E-state index contributed by atoms with van der Waals surface area (Å²) in [6, 6.07) is 0.354. The van der Waals surface area contributed by atoms with Crippen LogP contribution in [-0.2, 0) is 17.8 Å². The molecule has 5 nitrogen and oxygen atoms in total. The van der Waals surface area contributed by atoms with E-state index in [1.807, 2.05) is 4.57 Å². The van der Waals surface area contributed by atoms with Crippen LogP contribution in [0.5, 0.6) is 0 Å². The minimum absolute atomic E-state index is 0.354. The Hall–Kier alpha value is -0.940. The Kier molecular flexibility index (Phi) is 5.42. The van der Waals surface area contributed by atoms with Gasteiger partial charge in [0.25, 0.3) is 0 Å². The van der Waals surface area contributed by atoms with E-state index in [4.69, 9.17) is 4.74 Å². The zero-order valence-corrected chi connectivity index (χ0v) is 10.6. The van der Waals surface area contributed by atoms with Crippen LogP contribution in [0.15, 0.2) is 6.33 Å². The maximum Gasteiger partial charge on any atom is 0.146 e. The predicted molar refractivity (Wildman–Crippen MR) is 63.0 cm³/mol. The molecular formula is C11H22N4O. The van der Waals surface area contributed by atoms with Crippen LogP contribution in [0.25, 0.3) is 0 Å². The minimum atomic E-state index is 0.354. The van der Waals surface area contributed by atoms with Crippen molar-refractivity contribution in [2.75, 3.05) is 13.7 Å². The smallest absolute Gasteiger partial charge is 0.146 e. The average Bonchev–Trinajstić information content (AvgIpc) is 2.71. The van der Waals surface area contributed by atoms with Crippen molar-refractivity contribution in [1.29, 1.82) is 0 Å². The highest BCUT2D eigenvalue weighted by Crippen LogP contribution is 2.03. The summed E-state index contributed by atoms with van der Waals surface area (Å²) in [7, 11) is 1.73. The van der Waals surface area contributed by atoms with Crippen molar-refractivity contribution in [3.63, 3.8) is 0 Å². The summed E-state index contributed by atoms with van der Waals surface area (Å²) in [6.07, 6.45) is 1.76. The molecule has 0 spiro atoms. The van der Waals surface area contributed by atoms with Crippen LogP contribution in [-0.4, -0.2) is 34.5 Å². The highest BCUT2D eigenvalue weighted by molar-refractivity contribution is 4.86. The standard InChI is InChI=1S/C11H22N4O/c1-5-15-8-13-14-11(15)6-12-10(7-16-4)9(2)3/h8-10,12H,5-7H2,1-4H3. The average molecular weight is 226 g/mol. The van der Waals surface area contributed by atoms with Crippen molar-refractivity contribution in [2.24, 2.45) is 5.92 Å². The van der Waals surface area contributed by atoms with Gasteiger partial charge in [0.1, 0.15) is 12.2 Å². The lowest BCUT2D eigenvalue weighted by Gasteiger charge is -2.21. The second-order valence-electron chi connectivity index (χ2n) is 4.22. The number of nitrogens with zero attached hydrogens (tertiary/aromatic N) is 3. The van der Waals surface area contributed by atoms with Crippen LogP contribution in [0.3, 0.4) is 0 Å². The quantitative estimate of drug-likeness (QED) is 0.755. The number of ether oxygens (including phenoxy) is 1. The zero-order chi connectivity index (χ0) is 12.0. The van der Waals surface area contributed by atoms with E-state index in [2.05, 4.69) is 36.3 Å². The molecule has 1 unspecified atom stereocenters. The molecule has 16 heavy (non-hydrogen) atoms. The summed E-state index contributed by atoms with van der Waals surface area (Å²) < 4.78 is 7.23. The minimum Gasteiger partial charge on any atom is -0.383 e. The van der Waals surface area contributed by atoms with Gasteiger partial charge in [0, 0.05) is 19.7 Å². The number of hydrogen-bond acceptors (Lipinski definition) is 4. The van der Waals surface area contributed by atoms with Gasteiger partial charge in [-0.15, -0.1) is 10.2 Å². The second-order valence-corrected chi connectivity index (χ2v) is 4.22. The van der Waals surface area contributed by atoms with Crippen LogP contribution in [0, 0.1) is 5.92 Å². The van der Waals surface area contributed by atoms with Crippen molar-refractivity contribution < 1.29 is 4.74 Å². The lowest BCUT2D eigenvalue weighted by Crippen LogP contribution is -2.37. The van der Waals surface area contributed by atoms with Gasteiger partial charge in [0.2, 0.25) is 0 Å². The number of nitrogens with one attached hydrogen (secondary N) is 1. The zero-order valence-electron chi connectivity index (χ0n) is 10.6. The van der Waals surface area contributed by atoms with E-state index < -0.39 is 0 Å². The molecular weight excluding hydrogens is 204 g/mol. The van der Waals surface area contributed by atoms with Crippen molar-refractivity contribution in [3.05, 3.63) is 12.2 Å². The number of methoxy groups -OCH3 is 1. The fourth-order valence-corrected chi connectivity index (χ4v) is 1.57. The lowest BCUT2D eigenvalue weighted by molar-refractivity contribution is 0.146. The van der Waals surface area contributed by atoms with Gasteiger partial charge in [-0.3, -0.25) is 0 Å². The van der Waals surface area contributed by atoms with Crippen molar-refractivity contribution in [3.8, 4) is 0 Å². The molecule has 1 atom stereocenters. The number of rotatable bonds is 7. The van der Waals surface area contributed by atoms with Crippen LogP contribution in [0.2, 0.25) is 0 Å². The first kappa shape index (κ1) is 13.1. The van der Waals surface area contributed by atoms with Gasteiger partial charge in [-0.05, 0) is 12.8 Å². The van der Waals surface area contributed by atoms with E-state index in [1.165, 1.54) is 0 Å². The van der Waals surface area contributed by atoms with Gasteiger partial charge >= 0.3 is 0 Å². The Morgan fingerprint density at radius 1 is 1.50 bits per heavy atom. The maximum absolute atomic E-state index is 5.19. The van der Waals surface area contributed by atoms with Crippen LogP contribution < -0.4 is 5.32 Å². The number of hydrogen-bond donors (Lipinski definition) is 1. The van der Waals surface area contributed by atoms with Crippen molar-refractivity contribution >= 4 is 0 Å². The monoisotopic (exact) mass is 226 g/mol. The number of aryl methyl sites for hydroxylation is 1. The lowest BCUT2D eigenvalue weighted by atomic mass is 10.1. The third kappa shape index (κ3) is 3.57. The van der Waals surface area contributed by atoms with Gasteiger partial charge in [-0.2, -0.15) is 0 Å². The summed E-state index contributed by atoms with van der Waals surface area (Å²) in [5.41, 5.74) is 0. The highest BCUT2D eigenvalue weighted by atomic mass is 16.5. The fraction of sp³-hybridized carbons (Fsp3) is 0.818. The summed E-state index contributed by atoms with van der Waals surface area (Å²) in [6.45, 7) is 8.81. The third-order valence-electron chi connectivity index (χ3n) is 2.71. The van der Waals surface area contributed by atoms with Gasteiger partial charge in [0.15, 0.2) is 0 Å².